The summed E-state index contributed by atoms with van der Waals surface area (Å²) in [4.78, 5) is 0. The van der Waals surface area contributed by atoms with E-state index in [2.05, 4.69) is 37.0 Å². The Kier molecular flexibility index (Phi) is 21.0. The predicted octanol–water partition coefficient (Wildman–Crippen LogP) is 8.22. The minimum Gasteiger partial charge on any atom is -0.0979 e. The van der Waals surface area contributed by atoms with Crippen molar-refractivity contribution in [3.05, 3.63) is 0 Å². The SMILES string of the molecule is CCCCCCCCC#C[P][P]C#CCCCCCCCC. The van der Waals surface area contributed by atoms with Gasteiger partial charge in [0.2, 0.25) is 0 Å². The van der Waals surface area contributed by atoms with E-state index in [1.54, 1.807) is 0 Å². The van der Waals surface area contributed by atoms with Gasteiger partial charge in [0, 0.05) is 12.8 Å². The highest BCUT2D eigenvalue weighted by Gasteiger charge is 1.89. The van der Waals surface area contributed by atoms with Gasteiger partial charge in [-0.1, -0.05) is 101 Å². The fourth-order valence-corrected chi connectivity index (χ4v) is 3.41. The molecule has 2 radical (unpaired) electrons. The largest absolute Gasteiger partial charge is 0.0979 e. The molecule has 0 aliphatic rings. The minimum absolute atomic E-state index is 1.07. The van der Waals surface area contributed by atoms with Gasteiger partial charge in [-0.25, -0.2) is 0 Å². The average Bonchev–Trinajstić information content (AvgIpc) is 2.54. The summed E-state index contributed by atoms with van der Waals surface area (Å²) in [6.45, 7) is 4.53. The van der Waals surface area contributed by atoms with Crippen molar-refractivity contribution in [1.82, 2.24) is 0 Å². The molecule has 124 valence electrons. The van der Waals surface area contributed by atoms with E-state index >= 15 is 0 Å². The molecule has 0 nitrogen and oxygen atoms in total. The zero-order valence-electron chi connectivity index (χ0n) is 14.8. The lowest BCUT2D eigenvalue weighted by molar-refractivity contribution is 0.614. The van der Waals surface area contributed by atoms with E-state index in [0.717, 1.165) is 12.8 Å². The van der Waals surface area contributed by atoms with Gasteiger partial charge in [0.05, 0.1) is 16.5 Å². The number of unbranched alkanes of at least 4 members (excludes halogenated alkanes) is 12. The molecule has 0 N–H and O–H groups in total. The molecule has 0 spiro atoms. The first-order valence-corrected chi connectivity index (χ1v) is 11.8. The Morgan fingerprint density at radius 1 is 0.500 bits per heavy atom. The van der Waals surface area contributed by atoms with Crippen molar-refractivity contribution in [2.75, 3.05) is 0 Å². The molecular weight excluding hydrogens is 302 g/mol. The van der Waals surface area contributed by atoms with Crippen LogP contribution < -0.4 is 0 Å². The summed E-state index contributed by atoms with van der Waals surface area (Å²) in [5.74, 6) is 6.54. The molecule has 0 unspecified atom stereocenters. The minimum atomic E-state index is 1.07. The third kappa shape index (κ3) is 20.0. The molecule has 0 saturated carbocycles. The van der Waals surface area contributed by atoms with Crippen molar-refractivity contribution in [1.29, 1.82) is 0 Å². The topological polar surface area (TPSA) is 0 Å². The van der Waals surface area contributed by atoms with Crippen LogP contribution in [-0.2, 0) is 0 Å². The molecule has 0 aromatic rings. The summed E-state index contributed by atoms with van der Waals surface area (Å²) >= 11 is 0. The molecular formula is C20H34P2. The van der Waals surface area contributed by atoms with E-state index < -0.39 is 0 Å². The molecule has 0 fully saturated rings. The van der Waals surface area contributed by atoms with Crippen molar-refractivity contribution >= 4 is 16.5 Å². The van der Waals surface area contributed by atoms with Gasteiger partial charge in [0.15, 0.2) is 0 Å². The maximum atomic E-state index is 3.27. The van der Waals surface area contributed by atoms with Crippen LogP contribution in [-0.4, -0.2) is 0 Å². The van der Waals surface area contributed by atoms with E-state index in [-0.39, 0.29) is 0 Å². The van der Waals surface area contributed by atoms with Gasteiger partial charge in [-0.3, -0.25) is 0 Å². The van der Waals surface area contributed by atoms with E-state index in [9.17, 15) is 0 Å². The van der Waals surface area contributed by atoms with E-state index in [0.29, 0.717) is 0 Å². The Morgan fingerprint density at radius 3 is 1.27 bits per heavy atom. The third-order valence-electron chi connectivity index (χ3n) is 3.62. The molecule has 0 atom stereocenters. The number of hydrogen-bond acceptors (Lipinski definition) is 0. The van der Waals surface area contributed by atoms with Gasteiger partial charge in [0.25, 0.3) is 0 Å². The monoisotopic (exact) mass is 336 g/mol. The van der Waals surface area contributed by atoms with E-state index in [4.69, 9.17) is 0 Å². The van der Waals surface area contributed by atoms with Gasteiger partial charge < -0.3 is 0 Å². The summed E-state index contributed by atoms with van der Waals surface area (Å²) in [6.07, 6.45) is 18.4. The fourth-order valence-electron chi connectivity index (χ4n) is 2.22. The second-order valence-corrected chi connectivity index (χ2v) is 7.86. The van der Waals surface area contributed by atoms with Crippen LogP contribution in [0.2, 0.25) is 0 Å². The van der Waals surface area contributed by atoms with E-state index in [1.807, 2.05) is 0 Å². The molecule has 0 amide bonds. The zero-order chi connectivity index (χ0) is 16.1. The van der Waals surface area contributed by atoms with Crippen molar-refractivity contribution in [2.45, 2.75) is 104 Å². The van der Waals surface area contributed by atoms with Gasteiger partial charge in [0.1, 0.15) is 0 Å². The van der Waals surface area contributed by atoms with Crippen LogP contribution in [0.4, 0.5) is 0 Å². The Balaban J connectivity index is 3.22. The van der Waals surface area contributed by atoms with Crippen molar-refractivity contribution in [2.24, 2.45) is 0 Å². The summed E-state index contributed by atoms with van der Waals surface area (Å²) in [6, 6.07) is 0. The highest BCUT2D eigenvalue weighted by atomic mass is 32.0. The second-order valence-electron chi connectivity index (χ2n) is 5.81. The van der Waals surface area contributed by atoms with Gasteiger partial charge in [-0.15, -0.1) is 0 Å². The lowest BCUT2D eigenvalue weighted by atomic mass is 10.1. The van der Waals surface area contributed by atoms with Crippen molar-refractivity contribution in [3.8, 4) is 23.2 Å². The summed E-state index contributed by atoms with van der Waals surface area (Å²) in [5, 5.41) is 0. The average molecular weight is 336 g/mol. The van der Waals surface area contributed by atoms with E-state index in [1.165, 1.54) is 93.6 Å². The van der Waals surface area contributed by atoms with Crippen LogP contribution in [0, 0.1) is 23.2 Å². The lowest BCUT2D eigenvalue weighted by Gasteiger charge is -1.96. The number of hydrogen-bond donors (Lipinski definition) is 0. The fraction of sp³-hybridized carbons (Fsp3) is 0.800. The van der Waals surface area contributed by atoms with Crippen LogP contribution in [0.15, 0.2) is 0 Å². The maximum Gasteiger partial charge on any atom is 0.0586 e. The second kappa shape index (κ2) is 21.0. The molecule has 0 saturated heterocycles. The Bertz CT molecular complexity index is 293. The molecule has 0 bridgehead atoms. The number of rotatable bonds is 13. The Morgan fingerprint density at radius 2 is 0.864 bits per heavy atom. The molecule has 22 heavy (non-hydrogen) atoms. The lowest BCUT2D eigenvalue weighted by Crippen LogP contribution is -1.77. The van der Waals surface area contributed by atoms with Gasteiger partial charge >= 0.3 is 0 Å². The molecule has 0 aliphatic carbocycles. The standard InChI is InChI=1S/C20H34P2/c1-3-5-7-9-11-13-15-17-19-21-22-20-18-16-14-12-10-8-6-4-2/h3-16H2,1-2H3. The molecule has 0 aromatic carbocycles. The van der Waals surface area contributed by atoms with Crippen LogP contribution in [0.5, 0.6) is 0 Å². The van der Waals surface area contributed by atoms with Crippen LogP contribution in [0.25, 0.3) is 0 Å². The normalized spacial score (nSPS) is 10.8. The summed E-state index contributed by atoms with van der Waals surface area (Å²) in [5.41, 5.74) is 6.44. The Hall–Kier alpha value is -0.0200. The van der Waals surface area contributed by atoms with Crippen LogP contribution in [0.3, 0.4) is 0 Å². The third-order valence-corrected chi connectivity index (χ3v) is 5.14. The first-order chi connectivity index (χ1) is 10.9. The Labute approximate surface area is 143 Å². The van der Waals surface area contributed by atoms with Crippen LogP contribution in [0.1, 0.15) is 104 Å². The zero-order valence-corrected chi connectivity index (χ0v) is 16.6. The summed E-state index contributed by atoms with van der Waals surface area (Å²) < 4.78 is 0. The molecule has 0 rings (SSSR count). The molecule has 2 heteroatoms. The van der Waals surface area contributed by atoms with Gasteiger partial charge in [-0.05, 0) is 12.8 Å². The van der Waals surface area contributed by atoms with Gasteiger partial charge in [-0.2, -0.15) is 0 Å². The van der Waals surface area contributed by atoms with Crippen LogP contribution >= 0.6 is 16.5 Å². The predicted molar refractivity (Wildman–Crippen MR) is 105 cm³/mol. The highest BCUT2D eigenvalue weighted by molar-refractivity contribution is 8.16. The first kappa shape index (κ1) is 22.0. The van der Waals surface area contributed by atoms with Crippen molar-refractivity contribution in [3.63, 3.8) is 0 Å². The first-order valence-electron chi connectivity index (χ1n) is 9.27. The molecule has 0 aromatic heterocycles. The smallest absolute Gasteiger partial charge is 0.0586 e. The van der Waals surface area contributed by atoms with Crippen molar-refractivity contribution < 1.29 is 0 Å². The quantitative estimate of drug-likeness (QED) is 0.180. The highest BCUT2D eigenvalue weighted by Crippen LogP contribution is 2.33. The summed E-state index contributed by atoms with van der Waals surface area (Å²) in [7, 11) is 2.33. The maximum absolute atomic E-state index is 3.27. The molecule has 0 aliphatic heterocycles. The molecule has 0 heterocycles.